The zero-order valence-electron chi connectivity index (χ0n) is 27.1. The molecular weight excluding hydrogens is 745 g/mol. The number of carbonyl (C=O) groups excluding carboxylic acids is 2. The monoisotopic (exact) mass is 795 g/mol. The van der Waals surface area contributed by atoms with Crippen molar-refractivity contribution in [3.05, 3.63) is 77.9 Å². The molecule has 2 aromatic rings. The third-order valence-corrected chi connectivity index (χ3v) is 5.85. The Morgan fingerprint density at radius 2 is 1.69 bits per heavy atom. The fourth-order valence-electron chi connectivity index (χ4n) is 3.90. The van der Waals surface area contributed by atoms with Gasteiger partial charge in [0.1, 0.15) is 0 Å². The van der Waals surface area contributed by atoms with Crippen LogP contribution in [-0.4, -0.2) is 62.0 Å². The van der Waals surface area contributed by atoms with E-state index in [0.717, 1.165) is 42.6 Å². The molecule has 3 rings (SSSR count). The first kappa shape index (κ1) is 47.6. The average Bonchev–Trinajstić information content (AvgIpc) is 3.02. The Balaban J connectivity index is -0.000000704. The topological polar surface area (TPSA) is 167 Å². The minimum atomic E-state index is -0.250. The molecule has 0 aromatic heterocycles. The summed E-state index contributed by atoms with van der Waals surface area (Å²) in [5.74, 6) is 5.94. The van der Waals surface area contributed by atoms with E-state index in [1.807, 2.05) is 75.7 Å². The van der Waals surface area contributed by atoms with E-state index in [1.54, 1.807) is 0 Å². The van der Waals surface area contributed by atoms with Gasteiger partial charge in [0, 0.05) is 92.6 Å². The summed E-state index contributed by atoms with van der Waals surface area (Å²) in [7, 11) is 0. The van der Waals surface area contributed by atoms with Crippen LogP contribution >= 0.6 is 0 Å². The van der Waals surface area contributed by atoms with Crippen LogP contribution in [0, 0.1) is 6.92 Å². The van der Waals surface area contributed by atoms with Crippen molar-refractivity contribution < 1.29 is 79.6 Å². The molecule has 2 aromatic carbocycles. The van der Waals surface area contributed by atoms with Crippen LogP contribution in [0.3, 0.4) is 0 Å². The maximum Gasteiger partial charge on any atom is 0.0819 e. The zero-order chi connectivity index (χ0) is 32.5. The predicted octanol–water partition coefficient (Wildman–Crippen LogP) is 5.14. The second-order valence-electron chi connectivity index (χ2n) is 9.06. The van der Waals surface area contributed by atoms with Crippen LogP contribution in [0.2, 0.25) is 0 Å². The van der Waals surface area contributed by atoms with Crippen LogP contribution in [0.15, 0.2) is 48.5 Å². The van der Waals surface area contributed by atoms with Gasteiger partial charge >= 0.3 is 0 Å². The second-order valence-corrected chi connectivity index (χ2v) is 9.06. The normalized spacial score (nSPS) is 12.6. The molecule has 2 radical (unpaired) electrons. The predicted molar refractivity (Wildman–Crippen MR) is 175 cm³/mol. The molecule has 1 aliphatic heterocycles. The van der Waals surface area contributed by atoms with E-state index in [1.165, 1.54) is 16.3 Å². The molecule has 256 valence electrons. The summed E-state index contributed by atoms with van der Waals surface area (Å²) in [5, 5.41) is 11.8. The zero-order valence-corrected chi connectivity index (χ0v) is 31.4. The number of hydrazine groups is 1. The van der Waals surface area contributed by atoms with E-state index in [-0.39, 0.29) is 67.5 Å². The van der Waals surface area contributed by atoms with Crippen molar-refractivity contribution in [2.75, 3.05) is 44.4 Å². The fourth-order valence-corrected chi connectivity index (χ4v) is 3.90. The van der Waals surface area contributed by atoms with Gasteiger partial charge in [-0.1, -0.05) is 94.3 Å². The van der Waals surface area contributed by atoms with Gasteiger partial charge in [0.15, 0.2) is 0 Å². The number of ether oxygens (including phenoxy) is 1. The van der Waals surface area contributed by atoms with Crippen molar-refractivity contribution in [1.82, 2.24) is 10.3 Å². The number of nitrogens with one attached hydrogen (secondary N) is 2. The number of hydrogen-bond acceptors (Lipinski definition) is 8. The van der Waals surface area contributed by atoms with E-state index in [9.17, 15) is 9.59 Å². The molecule has 0 unspecified atom stereocenters. The summed E-state index contributed by atoms with van der Waals surface area (Å²) < 4.78 is 5.09. The number of nitrogens with two attached hydrogens (primary N) is 2. The van der Waals surface area contributed by atoms with Crippen LogP contribution in [0.5, 0.6) is 0 Å². The molecule has 13 heteroatoms. The van der Waals surface area contributed by atoms with Crippen molar-refractivity contribution in [2.45, 2.75) is 59.9 Å². The Hall–Kier alpha value is -1.77. The van der Waals surface area contributed by atoms with Crippen LogP contribution in [-0.2, 0) is 80.8 Å². The molecule has 0 saturated carbocycles. The SMILES string of the molecule is CC.CCCCCOO.[Ag].[CH2-]C(=O)NCCOCCC.[NH-]CCN(N)/C1=C(\N)c2ccccc2N([C-]=O)Cc2ccccc21.[Y]. The third kappa shape index (κ3) is 18.8. The Morgan fingerprint density at radius 3 is 2.24 bits per heavy atom. The number of benzene rings is 2. The number of anilines is 1. The van der Waals surface area contributed by atoms with Gasteiger partial charge in [-0.25, -0.2) is 10.7 Å². The van der Waals surface area contributed by atoms with E-state index in [4.69, 9.17) is 27.3 Å². The quantitative estimate of drug-likeness (QED) is 0.0541. The second kappa shape index (κ2) is 30.9. The largest absolute Gasteiger partial charge is 0.676 e. The fraction of sp³-hybridized carbons (Fsp3) is 0.469. The van der Waals surface area contributed by atoms with Gasteiger partial charge in [0.05, 0.1) is 31.2 Å². The molecule has 0 spiro atoms. The van der Waals surface area contributed by atoms with Crippen LogP contribution < -0.4 is 21.8 Å². The minimum absolute atomic E-state index is 0. The average molecular weight is 797 g/mol. The van der Waals surface area contributed by atoms with Crippen molar-refractivity contribution in [3.8, 4) is 0 Å². The number of fused-ring (bicyclic) bond motifs is 2. The molecule has 45 heavy (non-hydrogen) atoms. The third-order valence-electron chi connectivity index (χ3n) is 5.85. The van der Waals surface area contributed by atoms with Crippen LogP contribution in [0.1, 0.15) is 70.1 Å². The van der Waals surface area contributed by atoms with E-state index >= 15 is 0 Å². The van der Waals surface area contributed by atoms with Gasteiger partial charge in [0.2, 0.25) is 0 Å². The van der Waals surface area contributed by atoms with Gasteiger partial charge in [-0.3, -0.25) is 5.26 Å². The van der Waals surface area contributed by atoms with Crippen molar-refractivity contribution in [1.29, 1.82) is 0 Å². The number of unbranched alkanes of at least 4 members (excludes halogenated alkanes) is 2. The number of hydrogen-bond donors (Lipinski definition) is 4. The van der Waals surface area contributed by atoms with Crippen molar-refractivity contribution in [2.24, 2.45) is 11.6 Å². The van der Waals surface area contributed by atoms with Gasteiger partial charge in [-0.05, 0) is 18.4 Å². The molecule has 0 saturated heterocycles. The van der Waals surface area contributed by atoms with Gasteiger partial charge in [-0.15, -0.1) is 12.6 Å². The number of rotatable bonds is 13. The summed E-state index contributed by atoms with van der Waals surface area (Å²) in [6, 6.07) is 15.1. The van der Waals surface area contributed by atoms with E-state index in [2.05, 4.69) is 24.1 Å². The Kier molecular flexibility index (Phi) is 32.7. The van der Waals surface area contributed by atoms with Crippen molar-refractivity contribution >= 4 is 29.4 Å². The number of para-hydroxylation sites is 1. The van der Waals surface area contributed by atoms with Crippen molar-refractivity contribution in [3.63, 3.8) is 0 Å². The minimum Gasteiger partial charge on any atom is -0.676 e. The molecule has 2 amide bonds. The molecular formula is C32H51AgN6O5Y-3. The van der Waals surface area contributed by atoms with Gasteiger partial charge < -0.3 is 47.9 Å². The van der Waals surface area contributed by atoms with Crippen LogP contribution in [0.25, 0.3) is 17.1 Å². The summed E-state index contributed by atoms with van der Waals surface area (Å²) in [6.07, 6.45) is 6.28. The first-order valence-electron chi connectivity index (χ1n) is 14.8. The smallest absolute Gasteiger partial charge is 0.0819 e. The summed E-state index contributed by atoms with van der Waals surface area (Å²) in [6.45, 7) is 14.6. The Labute approximate surface area is 310 Å². The summed E-state index contributed by atoms with van der Waals surface area (Å²) in [4.78, 5) is 27.1. The molecule has 11 nitrogen and oxygen atoms in total. The van der Waals surface area contributed by atoms with Crippen LogP contribution in [0.4, 0.5) is 5.69 Å². The first-order valence-corrected chi connectivity index (χ1v) is 14.8. The van der Waals surface area contributed by atoms with E-state index in [0.29, 0.717) is 49.9 Å². The molecule has 0 aliphatic carbocycles. The number of amides is 2. The number of carbonyl (C=O) groups is 1. The summed E-state index contributed by atoms with van der Waals surface area (Å²) >= 11 is 0. The first-order chi connectivity index (χ1) is 20.9. The Morgan fingerprint density at radius 1 is 1.07 bits per heavy atom. The summed E-state index contributed by atoms with van der Waals surface area (Å²) in [5.41, 5.74) is 18.3. The maximum atomic E-state index is 11.5. The molecule has 1 heterocycles. The maximum absolute atomic E-state index is 11.5. The number of nitrogens with zero attached hydrogens (tertiary/aromatic N) is 2. The van der Waals surface area contributed by atoms with Gasteiger partial charge in [0.25, 0.3) is 0 Å². The standard InChI is InChI=1S/C18H19N5O.C7H14NO2.C5H12O2.C2H6.Ag.Y/c19-9-10-23(21)18-14-6-2-1-5-13(14)11-22(12-24)16-8-4-3-7-15(16)17(18)20;1-3-5-10-6-4-8-7(2)9;1-2-3-4-5-7-6;1-2;;/h1-8,19H,9-11,20-21H2;2-6H2,1H3,(H,8,9);6H,2-5H2,1H3;1-2H3;;/q-2;-1;;;;/b18-17-;;;;;. The van der Waals surface area contributed by atoms with E-state index < -0.39 is 0 Å². The molecule has 1 aliphatic rings. The molecule has 0 bridgehead atoms. The molecule has 0 fully saturated rings. The molecule has 0 atom stereocenters. The Bertz CT molecular complexity index is 1080. The molecule has 7 N–H and O–H groups in total. The van der Waals surface area contributed by atoms with Gasteiger partial charge in [-0.2, -0.15) is 0 Å².